The van der Waals surface area contributed by atoms with Crippen LogP contribution in [0.5, 0.6) is 0 Å². The SMILES string of the molecule is Cc1ccc(C2=C(O)C(=O)N(c3ccc(Br)cc3)[C@H]2c2cccc(Br)c2)cc1. The van der Waals surface area contributed by atoms with Crippen LogP contribution in [0.25, 0.3) is 5.57 Å². The molecular weight excluding hydrogens is 482 g/mol. The first-order valence-electron chi connectivity index (χ1n) is 8.80. The molecule has 0 aliphatic carbocycles. The van der Waals surface area contributed by atoms with Crippen molar-refractivity contribution in [3.05, 3.63) is 104 Å². The number of benzene rings is 3. The highest BCUT2D eigenvalue weighted by atomic mass is 79.9. The number of carbonyl (C=O) groups is 1. The van der Waals surface area contributed by atoms with Gasteiger partial charge in [-0.05, 0) is 54.4 Å². The van der Waals surface area contributed by atoms with Gasteiger partial charge in [-0.15, -0.1) is 0 Å². The third kappa shape index (κ3) is 3.40. The van der Waals surface area contributed by atoms with Gasteiger partial charge in [0.25, 0.3) is 5.91 Å². The third-order valence-corrected chi connectivity index (χ3v) is 5.86. The van der Waals surface area contributed by atoms with Gasteiger partial charge in [0.05, 0.1) is 6.04 Å². The molecule has 1 N–H and O–H groups in total. The average Bonchev–Trinajstić information content (AvgIpc) is 2.95. The van der Waals surface area contributed by atoms with Gasteiger partial charge in [-0.25, -0.2) is 0 Å². The van der Waals surface area contributed by atoms with Gasteiger partial charge in [0.2, 0.25) is 0 Å². The number of amides is 1. The molecule has 1 aliphatic rings. The maximum atomic E-state index is 13.1. The van der Waals surface area contributed by atoms with Gasteiger partial charge in [0.1, 0.15) is 0 Å². The largest absolute Gasteiger partial charge is 0.503 e. The number of rotatable bonds is 3. The predicted octanol–water partition coefficient (Wildman–Crippen LogP) is 6.58. The number of aliphatic hydroxyl groups is 1. The van der Waals surface area contributed by atoms with E-state index in [9.17, 15) is 9.90 Å². The zero-order valence-electron chi connectivity index (χ0n) is 15.1. The summed E-state index contributed by atoms with van der Waals surface area (Å²) in [6.45, 7) is 2.01. The maximum Gasteiger partial charge on any atom is 0.294 e. The van der Waals surface area contributed by atoms with E-state index in [1.165, 1.54) is 0 Å². The number of hydrogen-bond acceptors (Lipinski definition) is 2. The zero-order chi connectivity index (χ0) is 19.8. The molecular formula is C23H17Br2NO2. The van der Waals surface area contributed by atoms with Crippen molar-refractivity contribution in [3.8, 4) is 0 Å². The van der Waals surface area contributed by atoms with Crippen molar-refractivity contribution in [3.63, 3.8) is 0 Å². The van der Waals surface area contributed by atoms with Crippen LogP contribution in [0.4, 0.5) is 5.69 Å². The smallest absolute Gasteiger partial charge is 0.294 e. The molecule has 3 aromatic carbocycles. The van der Waals surface area contributed by atoms with Crippen molar-refractivity contribution in [1.29, 1.82) is 0 Å². The molecule has 1 heterocycles. The number of hydrogen-bond donors (Lipinski definition) is 1. The van der Waals surface area contributed by atoms with E-state index in [-0.39, 0.29) is 5.76 Å². The Morgan fingerprint density at radius 3 is 2.21 bits per heavy atom. The van der Waals surface area contributed by atoms with Crippen LogP contribution in [0.2, 0.25) is 0 Å². The number of nitrogens with zero attached hydrogens (tertiary/aromatic N) is 1. The molecule has 5 heteroatoms. The molecule has 0 radical (unpaired) electrons. The molecule has 0 fully saturated rings. The van der Waals surface area contributed by atoms with E-state index in [1.54, 1.807) is 4.90 Å². The highest BCUT2D eigenvalue weighted by Crippen LogP contribution is 2.45. The fourth-order valence-electron chi connectivity index (χ4n) is 3.49. The van der Waals surface area contributed by atoms with Crippen LogP contribution in [-0.4, -0.2) is 11.0 Å². The first-order chi connectivity index (χ1) is 13.5. The van der Waals surface area contributed by atoms with Gasteiger partial charge in [-0.3, -0.25) is 9.69 Å². The van der Waals surface area contributed by atoms with E-state index in [2.05, 4.69) is 31.9 Å². The summed E-state index contributed by atoms with van der Waals surface area (Å²) in [6.07, 6.45) is 0. The lowest BCUT2D eigenvalue weighted by Gasteiger charge is -2.27. The number of aryl methyl sites for hydroxylation is 1. The van der Waals surface area contributed by atoms with Crippen molar-refractivity contribution in [2.24, 2.45) is 0 Å². The average molecular weight is 499 g/mol. The molecule has 0 saturated carbocycles. The molecule has 28 heavy (non-hydrogen) atoms. The van der Waals surface area contributed by atoms with Crippen molar-refractivity contribution >= 4 is 49.0 Å². The Kier molecular flexibility index (Phi) is 5.13. The summed E-state index contributed by atoms with van der Waals surface area (Å²) < 4.78 is 1.85. The number of halogens is 2. The quantitative estimate of drug-likeness (QED) is 0.443. The lowest BCUT2D eigenvalue weighted by Crippen LogP contribution is -2.30. The van der Waals surface area contributed by atoms with E-state index in [1.807, 2.05) is 79.7 Å². The lowest BCUT2D eigenvalue weighted by atomic mass is 9.93. The molecule has 0 aromatic heterocycles. The highest BCUT2D eigenvalue weighted by Gasteiger charge is 2.42. The van der Waals surface area contributed by atoms with Crippen molar-refractivity contribution in [2.75, 3.05) is 4.90 Å². The summed E-state index contributed by atoms with van der Waals surface area (Å²) in [5.41, 5.74) is 4.22. The molecule has 140 valence electrons. The van der Waals surface area contributed by atoms with Gasteiger partial charge in [-0.1, -0.05) is 73.8 Å². The molecule has 4 rings (SSSR count). The van der Waals surface area contributed by atoms with Crippen LogP contribution in [0, 0.1) is 6.92 Å². The topological polar surface area (TPSA) is 40.5 Å². The molecule has 3 nitrogen and oxygen atoms in total. The second-order valence-corrected chi connectivity index (χ2v) is 8.57. The Labute approximate surface area is 180 Å². The minimum atomic E-state index is -0.422. The standard InChI is InChI=1S/C23H17Br2NO2/c1-14-5-7-15(8-6-14)20-21(16-3-2-4-18(25)13-16)26(23(28)22(20)27)19-11-9-17(24)10-12-19/h2-13,21,27H,1H3/t21-/m0/s1. The van der Waals surface area contributed by atoms with E-state index >= 15 is 0 Å². The minimum absolute atomic E-state index is 0.211. The van der Waals surface area contributed by atoms with Crippen LogP contribution in [-0.2, 0) is 4.79 Å². The molecule has 1 atom stereocenters. The summed E-state index contributed by atoms with van der Waals surface area (Å²) in [6, 6.07) is 22.8. The van der Waals surface area contributed by atoms with Crippen LogP contribution in [0.3, 0.4) is 0 Å². The van der Waals surface area contributed by atoms with Gasteiger partial charge in [0.15, 0.2) is 5.76 Å². The molecule has 0 spiro atoms. The molecule has 0 saturated heterocycles. The summed E-state index contributed by atoms with van der Waals surface area (Å²) in [7, 11) is 0. The predicted molar refractivity (Wildman–Crippen MR) is 119 cm³/mol. The van der Waals surface area contributed by atoms with Crippen molar-refractivity contribution < 1.29 is 9.90 Å². The summed E-state index contributed by atoms with van der Waals surface area (Å²) >= 11 is 6.96. The van der Waals surface area contributed by atoms with Gasteiger partial charge in [0, 0.05) is 20.2 Å². The Morgan fingerprint density at radius 1 is 0.893 bits per heavy atom. The molecule has 0 unspecified atom stereocenters. The minimum Gasteiger partial charge on any atom is -0.503 e. The first-order valence-corrected chi connectivity index (χ1v) is 10.4. The second-order valence-electron chi connectivity index (χ2n) is 6.74. The van der Waals surface area contributed by atoms with Crippen LogP contribution in [0.15, 0.2) is 87.5 Å². The van der Waals surface area contributed by atoms with Gasteiger partial charge in [-0.2, -0.15) is 0 Å². The van der Waals surface area contributed by atoms with Crippen LogP contribution >= 0.6 is 31.9 Å². The Morgan fingerprint density at radius 2 is 1.57 bits per heavy atom. The van der Waals surface area contributed by atoms with Gasteiger partial charge < -0.3 is 5.11 Å². The van der Waals surface area contributed by atoms with Crippen molar-refractivity contribution in [2.45, 2.75) is 13.0 Å². The van der Waals surface area contributed by atoms with Crippen LogP contribution in [0.1, 0.15) is 22.7 Å². The number of anilines is 1. The third-order valence-electron chi connectivity index (χ3n) is 4.84. The maximum absolute atomic E-state index is 13.1. The Hall–Kier alpha value is -2.37. The van der Waals surface area contributed by atoms with E-state index < -0.39 is 11.9 Å². The fraction of sp³-hybridized carbons (Fsp3) is 0.0870. The fourth-order valence-corrected chi connectivity index (χ4v) is 4.17. The Bertz CT molecular complexity index is 1070. The van der Waals surface area contributed by atoms with E-state index in [0.717, 1.165) is 31.3 Å². The van der Waals surface area contributed by atoms with E-state index in [0.29, 0.717) is 5.57 Å². The molecule has 3 aromatic rings. The lowest BCUT2D eigenvalue weighted by molar-refractivity contribution is -0.117. The van der Waals surface area contributed by atoms with Gasteiger partial charge >= 0.3 is 0 Å². The zero-order valence-corrected chi connectivity index (χ0v) is 18.2. The number of aliphatic hydroxyl groups excluding tert-OH is 1. The van der Waals surface area contributed by atoms with Crippen LogP contribution < -0.4 is 4.90 Å². The Balaban J connectivity index is 1.91. The first kappa shape index (κ1) is 19.0. The monoisotopic (exact) mass is 497 g/mol. The summed E-state index contributed by atoms with van der Waals surface area (Å²) in [4.78, 5) is 14.8. The number of carbonyl (C=O) groups excluding carboxylic acids is 1. The molecule has 0 bridgehead atoms. The van der Waals surface area contributed by atoms with Crippen molar-refractivity contribution in [1.82, 2.24) is 0 Å². The summed E-state index contributed by atoms with van der Waals surface area (Å²) in [5, 5.41) is 10.8. The highest BCUT2D eigenvalue weighted by molar-refractivity contribution is 9.10. The second kappa shape index (κ2) is 7.57. The summed E-state index contributed by atoms with van der Waals surface area (Å²) in [5.74, 6) is -0.611. The normalized spacial score (nSPS) is 16.8. The molecule has 1 aliphatic heterocycles. The van der Waals surface area contributed by atoms with E-state index in [4.69, 9.17) is 0 Å². The molecule has 1 amide bonds.